The van der Waals surface area contributed by atoms with E-state index in [4.69, 9.17) is 0 Å². The lowest BCUT2D eigenvalue weighted by Crippen LogP contribution is -2.31. The lowest BCUT2D eigenvalue weighted by Gasteiger charge is -2.19. The summed E-state index contributed by atoms with van der Waals surface area (Å²) in [5.41, 5.74) is 5.31. The van der Waals surface area contributed by atoms with Gasteiger partial charge in [-0.05, 0) is 43.9 Å². The van der Waals surface area contributed by atoms with Crippen molar-refractivity contribution in [1.82, 2.24) is 15.3 Å². The summed E-state index contributed by atoms with van der Waals surface area (Å²) in [5.74, 6) is 0.273. The monoisotopic (exact) mass is 391 g/mol. The predicted octanol–water partition coefficient (Wildman–Crippen LogP) is 4.59. The maximum atomic E-state index is 12.6. The van der Waals surface area contributed by atoms with E-state index >= 15 is 0 Å². The second kappa shape index (κ2) is 9.51. The Kier molecular flexibility index (Phi) is 6.82. The Balaban J connectivity index is 1.67. The van der Waals surface area contributed by atoms with Crippen molar-refractivity contribution in [2.75, 3.05) is 5.75 Å². The molecule has 5 heteroatoms. The second-order valence-electron chi connectivity index (χ2n) is 6.81. The number of carbonyl (C=O) groups is 1. The van der Waals surface area contributed by atoms with Gasteiger partial charge in [-0.3, -0.25) is 4.79 Å². The van der Waals surface area contributed by atoms with Crippen molar-refractivity contribution in [2.24, 2.45) is 0 Å². The zero-order valence-electron chi connectivity index (χ0n) is 16.5. The molecule has 2 aromatic carbocycles. The summed E-state index contributed by atoms with van der Waals surface area (Å²) in [6.07, 6.45) is 0.751. The second-order valence-corrected chi connectivity index (χ2v) is 7.75. The lowest BCUT2D eigenvalue weighted by atomic mass is 9.99. The van der Waals surface area contributed by atoms with Crippen LogP contribution in [0.15, 0.2) is 65.8 Å². The van der Waals surface area contributed by atoms with Crippen LogP contribution < -0.4 is 5.32 Å². The van der Waals surface area contributed by atoms with E-state index in [0.29, 0.717) is 10.9 Å². The third-order valence-corrected chi connectivity index (χ3v) is 5.61. The number of benzene rings is 2. The molecule has 1 amide bonds. The quantitative estimate of drug-likeness (QED) is 0.473. The molecule has 1 heterocycles. The van der Waals surface area contributed by atoms with E-state index in [0.717, 1.165) is 28.9 Å². The minimum Gasteiger partial charge on any atom is -0.348 e. The average molecular weight is 392 g/mol. The van der Waals surface area contributed by atoms with Gasteiger partial charge in [-0.15, -0.1) is 0 Å². The third-order valence-electron chi connectivity index (χ3n) is 4.76. The smallest absolute Gasteiger partial charge is 0.230 e. The van der Waals surface area contributed by atoms with Crippen molar-refractivity contribution in [3.8, 4) is 0 Å². The summed E-state index contributed by atoms with van der Waals surface area (Å²) in [4.78, 5) is 21.6. The molecule has 0 saturated heterocycles. The van der Waals surface area contributed by atoms with Crippen LogP contribution >= 0.6 is 11.8 Å². The van der Waals surface area contributed by atoms with Crippen molar-refractivity contribution in [3.05, 3.63) is 88.7 Å². The van der Waals surface area contributed by atoms with Gasteiger partial charge < -0.3 is 5.32 Å². The van der Waals surface area contributed by atoms with Crippen LogP contribution in [0.25, 0.3) is 0 Å². The number of carbonyl (C=O) groups excluding carboxylic acids is 1. The number of aromatic nitrogens is 2. The van der Waals surface area contributed by atoms with E-state index < -0.39 is 0 Å². The fourth-order valence-electron chi connectivity index (χ4n) is 2.96. The van der Waals surface area contributed by atoms with Gasteiger partial charge >= 0.3 is 0 Å². The molecule has 1 N–H and O–H groups in total. The van der Waals surface area contributed by atoms with Crippen LogP contribution in [0.4, 0.5) is 0 Å². The summed E-state index contributed by atoms with van der Waals surface area (Å²) >= 11 is 1.37. The molecule has 0 aliphatic rings. The molecule has 144 valence electrons. The fraction of sp³-hybridized carbons (Fsp3) is 0.261. The number of nitrogens with one attached hydrogen (secondary N) is 1. The molecule has 0 aliphatic heterocycles. The minimum atomic E-state index is -0.0703. The lowest BCUT2D eigenvalue weighted by molar-refractivity contribution is -0.119. The van der Waals surface area contributed by atoms with Gasteiger partial charge in [-0.1, -0.05) is 72.4 Å². The molecule has 0 fully saturated rings. The van der Waals surface area contributed by atoms with E-state index in [1.54, 1.807) is 0 Å². The van der Waals surface area contributed by atoms with Crippen LogP contribution in [0.5, 0.6) is 0 Å². The maximum Gasteiger partial charge on any atom is 0.230 e. The Bertz CT molecular complexity index is 906. The highest BCUT2D eigenvalue weighted by atomic mass is 32.2. The van der Waals surface area contributed by atoms with Gasteiger partial charge in [0.15, 0.2) is 5.16 Å². The molecule has 1 atom stereocenters. The van der Waals surface area contributed by atoms with Gasteiger partial charge in [0.2, 0.25) is 5.91 Å². The van der Waals surface area contributed by atoms with Crippen LogP contribution in [0.1, 0.15) is 34.1 Å². The van der Waals surface area contributed by atoms with Crippen LogP contribution in [0.2, 0.25) is 0 Å². The van der Waals surface area contributed by atoms with Crippen molar-refractivity contribution in [3.63, 3.8) is 0 Å². The molecule has 0 bridgehead atoms. The molecular formula is C23H25N3OS. The number of aryl methyl sites for hydroxylation is 2. The Morgan fingerprint density at radius 2 is 1.50 bits per heavy atom. The minimum absolute atomic E-state index is 0.0192. The van der Waals surface area contributed by atoms with Gasteiger partial charge in [0, 0.05) is 11.4 Å². The molecule has 0 unspecified atom stereocenters. The molecule has 1 aromatic heterocycles. The van der Waals surface area contributed by atoms with E-state index in [9.17, 15) is 4.79 Å². The summed E-state index contributed by atoms with van der Waals surface area (Å²) in [5, 5.41) is 3.83. The molecule has 0 aliphatic carbocycles. The van der Waals surface area contributed by atoms with E-state index in [-0.39, 0.29) is 11.9 Å². The highest BCUT2D eigenvalue weighted by Gasteiger charge is 2.16. The highest BCUT2D eigenvalue weighted by molar-refractivity contribution is 7.99. The van der Waals surface area contributed by atoms with Gasteiger partial charge in [-0.2, -0.15) is 0 Å². The first-order valence-corrected chi connectivity index (χ1v) is 10.3. The number of rotatable bonds is 7. The topological polar surface area (TPSA) is 54.9 Å². The molecule has 3 aromatic rings. The Morgan fingerprint density at radius 1 is 0.929 bits per heavy atom. The molecular weight excluding hydrogens is 366 g/mol. The summed E-state index contributed by atoms with van der Waals surface area (Å²) in [6, 6.07) is 20.2. The number of hydrogen-bond donors (Lipinski definition) is 1. The van der Waals surface area contributed by atoms with E-state index in [2.05, 4.69) is 39.6 Å². The predicted molar refractivity (Wildman–Crippen MR) is 114 cm³/mol. The number of amides is 1. The summed E-state index contributed by atoms with van der Waals surface area (Å²) < 4.78 is 0. The van der Waals surface area contributed by atoms with Gasteiger partial charge in [0.1, 0.15) is 0 Å². The summed E-state index contributed by atoms with van der Waals surface area (Å²) in [7, 11) is 0. The fourth-order valence-corrected chi connectivity index (χ4v) is 3.71. The molecule has 0 radical (unpaired) electrons. The van der Waals surface area contributed by atoms with Crippen LogP contribution in [0.3, 0.4) is 0 Å². The molecule has 0 spiro atoms. The SMILES string of the molecule is Cc1nc(SCC(=O)N[C@@H](Cc2ccccc2)c2ccccc2)nc(C)c1C. The zero-order chi connectivity index (χ0) is 19.9. The first-order chi connectivity index (χ1) is 13.5. The average Bonchev–Trinajstić information content (AvgIpc) is 2.71. The van der Waals surface area contributed by atoms with Crippen molar-refractivity contribution in [1.29, 1.82) is 0 Å². The Hall–Kier alpha value is -2.66. The maximum absolute atomic E-state index is 12.6. The van der Waals surface area contributed by atoms with Crippen LogP contribution in [0, 0.1) is 20.8 Å². The van der Waals surface area contributed by atoms with E-state index in [1.807, 2.05) is 57.2 Å². The first kappa shape index (κ1) is 20.1. The standard InChI is InChI=1S/C23H25N3OS/c1-16-17(2)24-23(25-18(16)3)28-15-22(27)26-21(20-12-8-5-9-13-20)14-19-10-6-4-7-11-19/h4-13,21H,14-15H2,1-3H3,(H,26,27)/t21-/m0/s1. The molecule has 4 nitrogen and oxygen atoms in total. The van der Waals surface area contributed by atoms with Crippen molar-refractivity contribution in [2.45, 2.75) is 38.4 Å². The summed E-state index contributed by atoms with van der Waals surface area (Å²) in [6.45, 7) is 5.96. The molecule has 3 rings (SSSR count). The normalized spacial score (nSPS) is 11.8. The van der Waals surface area contributed by atoms with Crippen LogP contribution in [-0.4, -0.2) is 21.6 Å². The van der Waals surface area contributed by atoms with Gasteiger partial charge in [0.25, 0.3) is 0 Å². The third kappa shape index (κ3) is 5.42. The number of thioether (sulfide) groups is 1. The molecule has 28 heavy (non-hydrogen) atoms. The van der Waals surface area contributed by atoms with Crippen molar-refractivity contribution < 1.29 is 4.79 Å². The largest absolute Gasteiger partial charge is 0.348 e. The first-order valence-electron chi connectivity index (χ1n) is 9.36. The van der Waals surface area contributed by atoms with E-state index in [1.165, 1.54) is 17.3 Å². The van der Waals surface area contributed by atoms with Gasteiger partial charge in [-0.25, -0.2) is 9.97 Å². The zero-order valence-corrected chi connectivity index (χ0v) is 17.3. The highest BCUT2D eigenvalue weighted by Crippen LogP contribution is 2.20. The van der Waals surface area contributed by atoms with Crippen LogP contribution in [-0.2, 0) is 11.2 Å². The van der Waals surface area contributed by atoms with Gasteiger partial charge in [0.05, 0.1) is 11.8 Å². The molecule has 0 saturated carbocycles. The number of nitrogens with zero attached hydrogens (tertiary/aromatic N) is 2. The Labute approximate surface area is 170 Å². The Morgan fingerprint density at radius 3 is 2.11 bits per heavy atom. The number of hydrogen-bond acceptors (Lipinski definition) is 4. The van der Waals surface area contributed by atoms with Crippen molar-refractivity contribution >= 4 is 17.7 Å².